The van der Waals surface area contributed by atoms with Crippen LogP contribution in [0.2, 0.25) is 0 Å². The topological polar surface area (TPSA) is 55.4 Å². The first-order chi connectivity index (χ1) is 6.20. The van der Waals surface area contributed by atoms with Crippen molar-refractivity contribution in [1.82, 2.24) is 10.2 Å². The zero-order valence-corrected chi connectivity index (χ0v) is 8.81. The van der Waals surface area contributed by atoms with Crippen molar-refractivity contribution in [2.24, 2.45) is 0 Å². The van der Waals surface area contributed by atoms with E-state index in [1.807, 2.05) is 7.05 Å². The second-order valence-corrected chi connectivity index (χ2v) is 4.50. The number of hydrogen-bond donors (Lipinski definition) is 1. The first kappa shape index (κ1) is 11.1. The van der Waals surface area contributed by atoms with Crippen molar-refractivity contribution in [3.8, 4) is 0 Å². The van der Waals surface area contributed by atoms with Gasteiger partial charge in [-0.2, -0.15) is 0 Å². The maximum absolute atomic E-state index is 10.3. The Kier molecular flexibility index (Phi) is 4.87. The number of piperidine rings is 1. The van der Waals surface area contributed by atoms with Crippen LogP contribution in [0.1, 0.15) is 12.8 Å². The van der Waals surface area contributed by atoms with Crippen LogP contribution in [0.4, 0.5) is 0 Å². The quantitative estimate of drug-likeness (QED) is 0.632. The molecule has 0 aromatic carbocycles. The average Bonchev–Trinajstić information content (AvgIpc) is 2.15. The molecule has 0 radical (unpaired) electrons. The molecule has 4 nitrogen and oxygen atoms in total. The molecule has 0 aromatic heterocycles. The summed E-state index contributed by atoms with van der Waals surface area (Å²) >= 11 is -1.90. The lowest BCUT2D eigenvalue weighted by molar-refractivity contribution is 0.213. The zero-order valence-electron chi connectivity index (χ0n) is 7.99. The smallest absolute Gasteiger partial charge is 0.0229 e. The summed E-state index contributed by atoms with van der Waals surface area (Å²) in [6, 6.07) is 0.511. The lowest BCUT2D eigenvalue weighted by Gasteiger charge is -2.31. The van der Waals surface area contributed by atoms with Gasteiger partial charge in [0.05, 0.1) is 0 Å². The van der Waals surface area contributed by atoms with Gasteiger partial charge in [0.25, 0.3) is 0 Å². The van der Waals surface area contributed by atoms with Gasteiger partial charge < -0.3 is 14.8 Å². The minimum absolute atomic E-state index is 0.243. The third-order valence-corrected chi connectivity index (χ3v) is 3.02. The second-order valence-electron chi connectivity index (χ2n) is 3.49. The van der Waals surface area contributed by atoms with Gasteiger partial charge in [-0.3, -0.25) is 4.21 Å². The van der Waals surface area contributed by atoms with E-state index in [9.17, 15) is 8.76 Å². The van der Waals surface area contributed by atoms with E-state index in [1.165, 1.54) is 12.8 Å². The molecule has 1 saturated heterocycles. The molecule has 78 valence electrons. The summed E-state index contributed by atoms with van der Waals surface area (Å²) in [5.41, 5.74) is 0. The SMILES string of the molecule is CN(CCS(=O)[O-])C1CCCNC1. The second kappa shape index (κ2) is 5.70. The molecule has 1 aliphatic heterocycles. The Hall–Kier alpha value is 0.0300. The van der Waals surface area contributed by atoms with Gasteiger partial charge in [0, 0.05) is 24.9 Å². The molecule has 1 heterocycles. The van der Waals surface area contributed by atoms with Crippen molar-refractivity contribution in [3.63, 3.8) is 0 Å². The normalized spacial score (nSPS) is 26.2. The predicted octanol–water partition coefficient (Wildman–Crippen LogP) is -0.451. The maximum atomic E-state index is 10.3. The van der Waals surface area contributed by atoms with Gasteiger partial charge in [-0.05, 0) is 26.4 Å². The van der Waals surface area contributed by atoms with Gasteiger partial charge in [-0.25, -0.2) is 0 Å². The summed E-state index contributed by atoms with van der Waals surface area (Å²) in [5, 5.41) is 3.31. The molecule has 0 bridgehead atoms. The van der Waals surface area contributed by atoms with Crippen LogP contribution in [-0.2, 0) is 11.1 Å². The lowest BCUT2D eigenvalue weighted by atomic mass is 10.1. The van der Waals surface area contributed by atoms with Crippen molar-refractivity contribution in [3.05, 3.63) is 0 Å². The zero-order chi connectivity index (χ0) is 9.68. The molecule has 0 aromatic rings. The van der Waals surface area contributed by atoms with Crippen LogP contribution >= 0.6 is 0 Å². The molecule has 2 unspecified atom stereocenters. The number of nitrogens with zero attached hydrogens (tertiary/aromatic N) is 1. The fourth-order valence-electron chi connectivity index (χ4n) is 1.61. The number of nitrogens with one attached hydrogen (secondary N) is 1. The summed E-state index contributed by atoms with van der Waals surface area (Å²) in [6.07, 6.45) is 2.37. The van der Waals surface area contributed by atoms with E-state index in [-0.39, 0.29) is 5.75 Å². The predicted molar refractivity (Wildman–Crippen MR) is 52.3 cm³/mol. The van der Waals surface area contributed by atoms with E-state index in [2.05, 4.69) is 10.2 Å². The third kappa shape index (κ3) is 4.17. The Labute approximate surface area is 82.0 Å². The molecular weight excluding hydrogens is 188 g/mol. The van der Waals surface area contributed by atoms with Crippen LogP contribution in [0.25, 0.3) is 0 Å². The van der Waals surface area contributed by atoms with Crippen LogP contribution < -0.4 is 5.32 Å². The minimum atomic E-state index is -1.90. The molecule has 1 aliphatic rings. The summed E-state index contributed by atoms with van der Waals surface area (Å²) in [5.74, 6) is 0.243. The Morgan fingerprint density at radius 3 is 3.00 bits per heavy atom. The first-order valence-electron chi connectivity index (χ1n) is 4.67. The summed E-state index contributed by atoms with van der Waals surface area (Å²) < 4.78 is 20.7. The molecule has 0 amide bonds. The van der Waals surface area contributed by atoms with Gasteiger partial charge in [0.2, 0.25) is 0 Å². The minimum Gasteiger partial charge on any atom is -0.772 e. The summed E-state index contributed by atoms with van der Waals surface area (Å²) in [4.78, 5) is 2.13. The molecule has 0 saturated carbocycles. The highest BCUT2D eigenvalue weighted by atomic mass is 32.2. The van der Waals surface area contributed by atoms with E-state index in [1.54, 1.807) is 0 Å². The van der Waals surface area contributed by atoms with E-state index < -0.39 is 11.1 Å². The van der Waals surface area contributed by atoms with E-state index in [0.29, 0.717) is 12.6 Å². The highest BCUT2D eigenvalue weighted by Gasteiger charge is 2.16. The first-order valence-corrected chi connectivity index (χ1v) is 5.91. The molecular formula is C8H17N2O2S-. The van der Waals surface area contributed by atoms with Gasteiger partial charge in [-0.15, -0.1) is 0 Å². The standard InChI is InChI=1S/C8H18N2O2S/c1-10(5-6-13(11)12)8-3-2-4-9-7-8/h8-9H,2-7H2,1H3,(H,11,12)/p-1. The molecule has 2 atom stereocenters. The van der Waals surface area contributed by atoms with Crippen LogP contribution in [0.3, 0.4) is 0 Å². The number of hydrogen-bond acceptors (Lipinski definition) is 4. The van der Waals surface area contributed by atoms with Crippen molar-refractivity contribution in [2.45, 2.75) is 18.9 Å². The lowest BCUT2D eigenvalue weighted by Crippen LogP contribution is -2.45. The molecule has 1 N–H and O–H groups in total. The Morgan fingerprint density at radius 2 is 2.46 bits per heavy atom. The van der Waals surface area contributed by atoms with Gasteiger partial charge in [0.15, 0.2) is 0 Å². The van der Waals surface area contributed by atoms with Gasteiger partial charge in [-0.1, -0.05) is 11.1 Å². The Bertz CT molecular complexity index is 172. The van der Waals surface area contributed by atoms with Crippen LogP contribution in [0.15, 0.2) is 0 Å². The molecule has 13 heavy (non-hydrogen) atoms. The molecule has 0 aliphatic carbocycles. The van der Waals surface area contributed by atoms with Gasteiger partial charge >= 0.3 is 0 Å². The van der Waals surface area contributed by atoms with Crippen LogP contribution in [-0.4, -0.2) is 52.1 Å². The van der Waals surface area contributed by atoms with Gasteiger partial charge in [0.1, 0.15) is 0 Å². The largest absolute Gasteiger partial charge is 0.772 e. The Balaban J connectivity index is 2.20. The van der Waals surface area contributed by atoms with E-state index in [0.717, 1.165) is 13.1 Å². The number of likely N-dealkylation sites (N-methyl/N-ethyl adjacent to an activating group) is 1. The number of rotatable bonds is 4. The highest BCUT2D eigenvalue weighted by Crippen LogP contribution is 2.07. The monoisotopic (exact) mass is 205 g/mol. The molecule has 1 rings (SSSR count). The Morgan fingerprint density at radius 1 is 1.69 bits per heavy atom. The molecule has 0 spiro atoms. The third-order valence-electron chi connectivity index (χ3n) is 2.50. The van der Waals surface area contributed by atoms with Crippen LogP contribution in [0, 0.1) is 0 Å². The van der Waals surface area contributed by atoms with Crippen molar-refractivity contribution in [1.29, 1.82) is 0 Å². The highest BCUT2D eigenvalue weighted by molar-refractivity contribution is 7.79. The van der Waals surface area contributed by atoms with E-state index in [4.69, 9.17) is 0 Å². The average molecular weight is 205 g/mol. The molecule has 5 heteroatoms. The summed E-state index contributed by atoms with van der Waals surface area (Å²) in [6.45, 7) is 2.72. The maximum Gasteiger partial charge on any atom is 0.0229 e. The summed E-state index contributed by atoms with van der Waals surface area (Å²) in [7, 11) is 1.99. The fraction of sp³-hybridized carbons (Fsp3) is 1.00. The van der Waals surface area contributed by atoms with Crippen molar-refractivity contribution in [2.75, 3.05) is 32.4 Å². The fourth-order valence-corrected chi connectivity index (χ4v) is 2.05. The van der Waals surface area contributed by atoms with E-state index >= 15 is 0 Å². The van der Waals surface area contributed by atoms with Crippen LogP contribution in [0.5, 0.6) is 0 Å². The molecule has 1 fully saturated rings. The van der Waals surface area contributed by atoms with Crippen molar-refractivity contribution < 1.29 is 8.76 Å². The van der Waals surface area contributed by atoms with Crippen molar-refractivity contribution >= 4 is 11.1 Å².